The number of rotatable bonds is 5. The first-order valence-electron chi connectivity index (χ1n) is 5.51. The van der Waals surface area contributed by atoms with Crippen LogP contribution in [0.25, 0.3) is 0 Å². The lowest BCUT2D eigenvalue weighted by Gasteiger charge is -2.14. The average Bonchev–Trinajstić information content (AvgIpc) is 2.31. The monoisotopic (exact) mass is 336 g/mol. The minimum atomic E-state index is -0.215. The molecule has 4 nitrogen and oxygen atoms in total. The van der Waals surface area contributed by atoms with Gasteiger partial charge in [-0.15, -0.1) is 12.4 Å². The molecule has 102 valence electrons. The molecule has 18 heavy (non-hydrogen) atoms. The molecular weight excluding hydrogens is 320 g/mol. The Morgan fingerprint density at radius 3 is 2.78 bits per heavy atom. The maximum atomic E-state index is 11.7. The van der Waals surface area contributed by atoms with Crippen molar-refractivity contribution in [2.75, 3.05) is 18.5 Å². The highest BCUT2D eigenvalue weighted by Gasteiger charge is 2.13. The van der Waals surface area contributed by atoms with Gasteiger partial charge in [-0.2, -0.15) is 0 Å². The topological polar surface area (TPSA) is 64.3 Å². The fourth-order valence-corrected chi connectivity index (χ4v) is 1.58. The third-order valence-corrected chi connectivity index (χ3v) is 2.80. The zero-order valence-corrected chi connectivity index (χ0v) is 12.8. The summed E-state index contributed by atoms with van der Waals surface area (Å²) in [5.41, 5.74) is 6.11. The summed E-state index contributed by atoms with van der Waals surface area (Å²) in [6.45, 7) is 4.56. The van der Waals surface area contributed by atoms with E-state index in [1.165, 1.54) is 0 Å². The number of carbonyl (C=O) groups excluding carboxylic acids is 1. The molecule has 0 fully saturated rings. The van der Waals surface area contributed by atoms with E-state index in [9.17, 15) is 4.79 Å². The van der Waals surface area contributed by atoms with Gasteiger partial charge in [0.1, 0.15) is 5.75 Å². The third-order valence-electron chi connectivity index (χ3n) is 2.30. The molecule has 0 aliphatic heterocycles. The van der Waals surface area contributed by atoms with Crippen LogP contribution in [0.15, 0.2) is 22.7 Å². The predicted molar refractivity (Wildman–Crippen MR) is 79.4 cm³/mol. The van der Waals surface area contributed by atoms with Crippen molar-refractivity contribution in [1.82, 2.24) is 0 Å². The van der Waals surface area contributed by atoms with E-state index in [1.54, 1.807) is 13.0 Å². The van der Waals surface area contributed by atoms with Gasteiger partial charge in [-0.1, -0.05) is 22.9 Å². The second-order valence-electron chi connectivity index (χ2n) is 3.70. The van der Waals surface area contributed by atoms with Crippen molar-refractivity contribution in [3.05, 3.63) is 22.7 Å². The van der Waals surface area contributed by atoms with E-state index < -0.39 is 0 Å². The predicted octanol–water partition coefficient (Wildman–Crippen LogP) is 2.80. The molecule has 0 radical (unpaired) electrons. The Bertz CT molecular complexity index is 402. The van der Waals surface area contributed by atoms with Crippen LogP contribution < -0.4 is 15.8 Å². The van der Waals surface area contributed by atoms with Gasteiger partial charge in [0.2, 0.25) is 5.91 Å². The lowest BCUT2D eigenvalue weighted by Crippen LogP contribution is -2.26. The fraction of sp³-hybridized carbons (Fsp3) is 0.417. The number of carbonyl (C=O) groups is 1. The number of nitrogens with two attached hydrogens (primary N) is 1. The Kier molecular flexibility index (Phi) is 7.98. The van der Waals surface area contributed by atoms with Crippen LogP contribution in [0.3, 0.4) is 0 Å². The fourth-order valence-electron chi connectivity index (χ4n) is 1.24. The summed E-state index contributed by atoms with van der Waals surface area (Å²) in [6.07, 6.45) is 0. The second-order valence-corrected chi connectivity index (χ2v) is 4.62. The highest BCUT2D eigenvalue weighted by atomic mass is 79.9. The number of amides is 1. The zero-order valence-electron chi connectivity index (χ0n) is 10.4. The van der Waals surface area contributed by atoms with Gasteiger partial charge < -0.3 is 15.8 Å². The molecule has 1 unspecified atom stereocenters. The summed E-state index contributed by atoms with van der Waals surface area (Å²) in [5, 5.41) is 2.81. The normalized spacial score (nSPS) is 11.3. The van der Waals surface area contributed by atoms with Crippen LogP contribution in [0, 0.1) is 5.92 Å². The smallest absolute Gasteiger partial charge is 0.228 e. The van der Waals surface area contributed by atoms with Gasteiger partial charge in [0.25, 0.3) is 0 Å². The van der Waals surface area contributed by atoms with E-state index in [0.29, 0.717) is 24.6 Å². The van der Waals surface area contributed by atoms with Crippen LogP contribution in [-0.4, -0.2) is 19.1 Å². The number of ether oxygens (including phenoxy) is 1. The first kappa shape index (κ1) is 17.2. The summed E-state index contributed by atoms with van der Waals surface area (Å²) in [5.74, 6) is 0.336. The van der Waals surface area contributed by atoms with E-state index in [0.717, 1.165) is 4.47 Å². The van der Waals surface area contributed by atoms with Gasteiger partial charge >= 0.3 is 0 Å². The summed E-state index contributed by atoms with van der Waals surface area (Å²) < 4.78 is 6.36. The number of benzene rings is 1. The number of hydrogen-bond acceptors (Lipinski definition) is 3. The van der Waals surface area contributed by atoms with Crippen LogP contribution in [0.4, 0.5) is 5.69 Å². The number of nitrogens with one attached hydrogen (secondary N) is 1. The summed E-state index contributed by atoms with van der Waals surface area (Å²) in [6, 6.07) is 5.48. The Balaban J connectivity index is 0.00000289. The molecule has 0 heterocycles. The Hall–Kier alpha value is -0.780. The minimum absolute atomic E-state index is 0. The molecule has 0 bridgehead atoms. The van der Waals surface area contributed by atoms with E-state index in [1.807, 2.05) is 19.1 Å². The van der Waals surface area contributed by atoms with Crippen molar-refractivity contribution in [2.45, 2.75) is 13.8 Å². The molecule has 0 spiro atoms. The largest absolute Gasteiger partial charge is 0.492 e. The van der Waals surface area contributed by atoms with E-state index in [4.69, 9.17) is 10.5 Å². The standard InChI is InChI=1S/C12H17BrN2O2.ClH/c1-3-17-11-6-9(13)4-5-10(11)15-12(16)8(2)7-14;/h4-6,8H,3,7,14H2,1-2H3,(H,15,16);1H. The van der Waals surface area contributed by atoms with Crippen molar-refractivity contribution in [2.24, 2.45) is 11.7 Å². The van der Waals surface area contributed by atoms with Crippen LogP contribution >= 0.6 is 28.3 Å². The van der Waals surface area contributed by atoms with Gasteiger partial charge in [-0.25, -0.2) is 0 Å². The maximum absolute atomic E-state index is 11.7. The second kappa shape index (κ2) is 8.34. The molecule has 6 heteroatoms. The SMILES string of the molecule is CCOc1cc(Br)ccc1NC(=O)C(C)CN.Cl. The van der Waals surface area contributed by atoms with Gasteiger partial charge in [0.15, 0.2) is 0 Å². The molecule has 1 aromatic carbocycles. The molecule has 0 aromatic heterocycles. The number of hydrogen-bond donors (Lipinski definition) is 2. The molecule has 0 saturated heterocycles. The quantitative estimate of drug-likeness (QED) is 0.868. The van der Waals surface area contributed by atoms with Gasteiger partial charge in [0, 0.05) is 16.9 Å². The summed E-state index contributed by atoms with van der Waals surface area (Å²) in [4.78, 5) is 11.7. The highest BCUT2D eigenvalue weighted by molar-refractivity contribution is 9.10. The zero-order chi connectivity index (χ0) is 12.8. The van der Waals surface area contributed by atoms with Crippen molar-refractivity contribution < 1.29 is 9.53 Å². The molecule has 1 aromatic rings. The molecular formula is C12H18BrClN2O2. The van der Waals surface area contributed by atoms with Crippen molar-refractivity contribution in [3.63, 3.8) is 0 Å². The number of halogens is 2. The lowest BCUT2D eigenvalue weighted by molar-refractivity contribution is -0.119. The van der Waals surface area contributed by atoms with E-state index >= 15 is 0 Å². The molecule has 0 aliphatic rings. The third kappa shape index (κ3) is 4.84. The van der Waals surface area contributed by atoms with Crippen LogP contribution in [0.5, 0.6) is 5.75 Å². The van der Waals surface area contributed by atoms with Crippen molar-refractivity contribution >= 4 is 39.9 Å². The molecule has 1 amide bonds. The Morgan fingerprint density at radius 2 is 2.22 bits per heavy atom. The maximum Gasteiger partial charge on any atom is 0.228 e. The van der Waals surface area contributed by atoms with E-state index in [-0.39, 0.29) is 24.2 Å². The molecule has 0 aliphatic carbocycles. The minimum Gasteiger partial charge on any atom is -0.492 e. The van der Waals surface area contributed by atoms with Crippen LogP contribution in [0.1, 0.15) is 13.8 Å². The van der Waals surface area contributed by atoms with Crippen LogP contribution in [-0.2, 0) is 4.79 Å². The van der Waals surface area contributed by atoms with Crippen molar-refractivity contribution in [3.8, 4) is 5.75 Å². The van der Waals surface area contributed by atoms with Gasteiger partial charge in [0.05, 0.1) is 12.3 Å². The molecule has 0 saturated carbocycles. The first-order valence-corrected chi connectivity index (χ1v) is 6.31. The molecule has 1 rings (SSSR count). The average molecular weight is 338 g/mol. The van der Waals surface area contributed by atoms with Gasteiger partial charge in [-0.3, -0.25) is 4.79 Å². The lowest BCUT2D eigenvalue weighted by atomic mass is 10.1. The molecule has 1 atom stereocenters. The summed E-state index contributed by atoms with van der Waals surface area (Å²) in [7, 11) is 0. The van der Waals surface area contributed by atoms with E-state index in [2.05, 4.69) is 21.2 Å². The molecule has 3 N–H and O–H groups in total. The highest BCUT2D eigenvalue weighted by Crippen LogP contribution is 2.28. The number of anilines is 1. The summed E-state index contributed by atoms with van der Waals surface area (Å²) >= 11 is 3.36. The van der Waals surface area contributed by atoms with Gasteiger partial charge in [-0.05, 0) is 25.1 Å². The first-order chi connectivity index (χ1) is 8.08. The Morgan fingerprint density at radius 1 is 1.56 bits per heavy atom. The van der Waals surface area contributed by atoms with Crippen LogP contribution in [0.2, 0.25) is 0 Å². The Labute approximate surface area is 122 Å². The van der Waals surface area contributed by atoms with Crippen molar-refractivity contribution in [1.29, 1.82) is 0 Å².